The van der Waals surface area contributed by atoms with E-state index in [1.54, 1.807) is 31.2 Å². The van der Waals surface area contributed by atoms with Crippen LogP contribution in [0, 0.1) is 0 Å². The molecule has 0 bridgehead atoms. The fourth-order valence-electron chi connectivity index (χ4n) is 2.24. The molecule has 0 spiro atoms. The summed E-state index contributed by atoms with van der Waals surface area (Å²) >= 11 is 0. The molecule has 0 atom stereocenters. The van der Waals surface area contributed by atoms with Gasteiger partial charge < -0.3 is 20.1 Å². The van der Waals surface area contributed by atoms with E-state index in [2.05, 4.69) is 15.4 Å². The molecule has 0 aliphatic rings. The third-order valence-corrected chi connectivity index (χ3v) is 3.39. The highest BCUT2D eigenvalue weighted by molar-refractivity contribution is 6.05. The molecular formula is C21H22N2O5. The predicted octanol–water partition coefficient (Wildman–Crippen LogP) is 4.38. The Labute approximate surface area is 163 Å². The van der Waals surface area contributed by atoms with Crippen LogP contribution in [0.2, 0.25) is 0 Å². The van der Waals surface area contributed by atoms with E-state index in [1.807, 2.05) is 13.8 Å². The molecule has 2 aromatic rings. The molecule has 7 nitrogen and oxygen atoms in total. The van der Waals surface area contributed by atoms with E-state index in [0.717, 1.165) is 5.57 Å². The Morgan fingerprint density at radius 1 is 0.964 bits per heavy atom. The normalized spacial score (nSPS) is 9.82. The molecule has 0 heterocycles. The van der Waals surface area contributed by atoms with Gasteiger partial charge in [-0.15, -0.1) is 0 Å². The Bertz CT molecular complexity index is 884. The molecule has 0 saturated heterocycles. The van der Waals surface area contributed by atoms with E-state index in [1.165, 1.54) is 30.3 Å². The first kappa shape index (κ1) is 20.7. The molecule has 2 N–H and O–H groups in total. The van der Waals surface area contributed by atoms with Crippen molar-refractivity contribution in [1.82, 2.24) is 0 Å². The highest BCUT2D eigenvalue weighted by Crippen LogP contribution is 2.18. The van der Waals surface area contributed by atoms with Gasteiger partial charge in [0.25, 0.3) is 5.91 Å². The van der Waals surface area contributed by atoms with Crippen LogP contribution in [0.3, 0.4) is 0 Å². The number of ether oxygens (including phenoxy) is 2. The first-order valence-corrected chi connectivity index (χ1v) is 8.69. The third-order valence-electron chi connectivity index (χ3n) is 3.39. The molecule has 0 saturated carbocycles. The largest absolute Gasteiger partial charge is 0.513 e. The smallest absolute Gasteiger partial charge is 0.434 e. The lowest BCUT2D eigenvalue weighted by molar-refractivity contribution is -0.111. The monoisotopic (exact) mass is 382 g/mol. The number of benzene rings is 2. The first-order valence-electron chi connectivity index (χ1n) is 8.69. The molecule has 0 unspecified atom stereocenters. The summed E-state index contributed by atoms with van der Waals surface area (Å²) in [6.07, 6.45) is 0.692. The maximum atomic E-state index is 12.4. The van der Waals surface area contributed by atoms with Gasteiger partial charge in [-0.25, -0.2) is 4.79 Å². The number of nitrogens with one attached hydrogen (secondary N) is 2. The van der Waals surface area contributed by atoms with Crippen molar-refractivity contribution >= 4 is 29.3 Å². The van der Waals surface area contributed by atoms with E-state index in [0.29, 0.717) is 16.9 Å². The minimum atomic E-state index is -0.799. The van der Waals surface area contributed by atoms with Crippen LogP contribution in [0.25, 0.3) is 0 Å². The van der Waals surface area contributed by atoms with E-state index in [9.17, 15) is 14.4 Å². The number of hydrogen-bond donors (Lipinski definition) is 2. The molecule has 2 aromatic carbocycles. The third kappa shape index (κ3) is 6.60. The van der Waals surface area contributed by atoms with Crippen molar-refractivity contribution < 1.29 is 23.9 Å². The Balaban J connectivity index is 2.00. The van der Waals surface area contributed by atoms with Crippen LogP contribution in [-0.4, -0.2) is 24.6 Å². The minimum absolute atomic E-state index is 0.215. The maximum Gasteiger partial charge on any atom is 0.513 e. The summed E-state index contributed by atoms with van der Waals surface area (Å²) in [6, 6.07) is 12.9. The Morgan fingerprint density at radius 3 is 2.21 bits per heavy atom. The summed E-state index contributed by atoms with van der Waals surface area (Å²) < 4.78 is 9.64. The SMILES string of the molecule is CCOC(=O)Oc1ccc(C(=O)Nc2cccc(NC(=O)C=C(C)C)c2)cc1. The van der Waals surface area contributed by atoms with Gasteiger partial charge >= 0.3 is 6.16 Å². The summed E-state index contributed by atoms with van der Waals surface area (Å²) in [4.78, 5) is 35.5. The van der Waals surface area contributed by atoms with Crippen molar-refractivity contribution in [3.05, 3.63) is 65.7 Å². The van der Waals surface area contributed by atoms with Crippen molar-refractivity contribution in [1.29, 1.82) is 0 Å². The lowest BCUT2D eigenvalue weighted by atomic mass is 10.2. The molecular weight excluding hydrogens is 360 g/mol. The average Bonchev–Trinajstić information content (AvgIpc) is 2.62. The van der Waals surface area contributed by atoms with Crippen molar-refractivity contribution in [2.24, 2.45) is 0 Å². The number of allylic oxidation sites excluding steroid dienone is 1. The van der Waals surface area contributed by atoms with Gasteiger partial charge in [-0.3, -0.25) is 9.59 Å². The summed E-state index contributed by atoms with van der Waals surface area (Å²) in [6.45, 7) is 5.56. The second kappa shape index (κ2) is 9.91. The average molecular weight is 382 g/mol. The summed E-state index contributed by atoms with van der Waals surface area (Å²) in [5.41, 5.74) is 2.37. The highest BCUT2D eigenvalue weighted by Gasteiger charge is 2.09. The van der Waals surface area contributed by atoms with Gasteiger partial charge in [-0.05, 0) is 63.2 Å². The summed E-state index contributed by atoms with van der Waals surface area (Å²) in [7, 11) is 0. The van der Waals surface area contributed by atoms with E-state index in [-0.39, 0.29) is 24.2 Å². The quantitative estimate of drug-likeness (QED) is 0.439. The molecule has 7 heteroatoms. The van der Waals surface area contributed by atoms with Crippen molar-refractivity contribution in [2.75, 3.05) is 17.2 Å². The molecule has 0 aromatic heterocycles. The lowest BCUT2D eigenvalue weighted by Crippen LogP contribution is -2.13. The van der Waals surface area contributed by atoms with Crippen LogP contribution >= 0.6 is 0 Å². The second-order valence-corrected chi connectivity index (χ2v) is 6.06. The summed E-state index contributed by atoms with van der Waals surface area (Å²) in [5.74, 6) is -0.296. The maximum absolute atomic E-state index is 12.4. The van der Waals surface area contributed by atoms with Crippen LogP contribution in [0.5, 0.6) is 5.75 Å². The Morgan fingerprint density at radius 2 is 1.61 bits per heavy atom. The van der Waals surface area contributed by atoms with E-state index >= 15 is 0 Å². The predicted molar refractivity (Wildman–Crippen MR) is 107 cm³/mol. The fraction of sp³-hybridized carbons (Fsp3) is 0.190. The molecule has 0 aliphatic carbocycles. The van der Waals surface area contributed by atoms with Gasteiger partial charge in [0.05, 0.1) is 6.61 Å². The highest BCUT2D eigenvalue weighted by atomic mass is 16.7. The Kier molecular flexibility index (Phi) is 7.33. The second-order valence-electron chi connectivity index (χ2n) is 6.06. The molecule has 2 amide bonds. The van der Waals surface area contributed by atoms with Gasteiger partial charge in [0, 0.05) is 23.0 Å². The van der Waals surface area contributed by atoms with Crippen molar-refractivity contribution in [3.8, 4) is 5.75 Å². The molecule has 2 rings (SSSR count). The van der Waals surface area contributed by atoms with Gasteiger partial charge in [-0.2, -0.15) is 0 Å². The van der Waals surface area contributed by atoms with Crippen LogP contribution in [-0.2, 0) is 9.53 Å². The van der Waals surface area contributed by atoms with Crippen molar-refractivity contribution in [3.63, 3.8) is 0 Å². The van der Waals surface area contributed by atoms with Crippen LogP contribution < -0.4 is 15.4 Å². The Hall–Kier alpha value is -3.61. The minimum Gasteiger partial charge on any atom is -0.434 e. The number of rotatable bonds is 6. The topological polar surface area (TPSA) is 93.7 Å². The number of hydrogen-bond acceptors (Lipinski definition) is 5. The number of carbonyl (C=O) groups excluding carboxylic acids is 3. The zero-order valence-corrected chi connectivity index (χ0v) is 15.9. The molecule has 0 fully saturated rings. The molecule has 146 valence electrons. The van der Waals surface area contributed by atoms with Crippen LogP contribution in [0.15, 0.2) is 60.2 Å². The molecule has 0 radical (unpaired) electrons. The van der Waals surface area contributed by atoms with Crippen molar-refractivity contribution in [2.45, 2.75) is 20.8 Å². The van der Waals surface area contributed by atoms with Gasteiger partial charge in [0.15, 0.2) is 0 Å². The summed E-state index contributed by atoms with van der Waals surface area (Å²) in [5, 5.41) is 5.49. The van der Waals surface area contributed by atoms with Crippen LogP contribution in [0.1, 0.15) is 31.1 Å². The number of anilines is 2. The standard InChI is InChI=1S/C21H22N2O5/c1-4-27-21(26)28-18-10-8-15(9-11-18)20(25)23-17-7-5-6-16(13-17)22-19(24)12-14(2)3/h5-13H,4H2,1-3H3,(H,22,24)(H,23,25). The number of carbonyl (C=O) groups is 3. The van der Waals surface area contributed by atoms with E-state index in [4.69, 9.17) is 4.74 Å². The molecule has 28 heavy (non-hydrogen) atoms. The van der Waals surface area contributed by atoms with Gasteiger partial charge in [0.1, 0.15) is 5.75 Å². The van der Waals surface area contributed by atoms with E-state index < -0.39 is 6.16 Å². The zero-order valence-electron chi connectivity index (χ0n) is 15.9. The zero-order chi connectivity index (χ0) is 20.5. The number of amides is 2. The van der Waals surface area contributed by atoms with Crippen LogP contribution in [0.4, 0.5) is 16.2 Å². The lowest BCUT2D eigenvalue weighted by Gasteiger charge is -2.09. The first-order chi connectivity index (χ1) is 13.4. The fourth-order valence-corrected chi connectivity index (χ4v) is 2.24. The van der Waals surface area contributed by atoms with Gasteiger partial charge in [-0.1, -0.05) is 11.6 Å². The van der Waals surface area contributed by atoms with Gasteiger partial charge in [0.2, 0.25) is 5.91 Å². The molecule has 0 aliphatic heterocycles.